The molecule has 1 aliphatic heterocycles. The van der Waals surface area contributed by atoms with Gasteiger partial charge in [0.05, 0.1) is 13.2 Å². The molecule has 0 aliphatic carbocycles. The predicted molar refractivity (Wildman–Crippen MR) is 80.2 cm³/mol. The van der Waals surface area contributed by atoms with Crippen molar-refractivity contribution in [2.45, 2.75) is 33.8 Å². The number of amides is 1. The van der Waals surface area contributed by atoms with Gasteiger partial charge in [0.1, 0.15) is 0 Å². The Bertz CT molecular complexity index is 436. The second kappa shape index (κ2) is 6.40. The van der Waals surface area contributed by atoms with Crippen LogP contribution in [-0.2, 0) is 16.1 Å². The molecule has 110 valence electrons. The fraction of sp³-hybridized carbons (Fsp3) is 0.588. The second-order valence-corrected chi connectivity index (χ2v) is 6.66. The Labute approximate surface area is 121 Å². The quantitative estimate of drug-likeness (QED) is 0.845. The van der Waals surface area contributed by atoms with Crippen molar-refractivity contribution in [1.82, 2.24) is 4.90 Å². The van der Waals surface area contributed by atoms with Gasteiger partial charge in [0.2, 0.25) is 5.91 Å². The Morgan fingerprint density at radius 1 is 1.30 bits per heavy atom. The average Bonchev–Trinajstić information content (AvgIpc) is 2.87. The molecule has 0 N–H and O–H groups in total. The highest BCUT2D eigenvalue weighted by atomic mass is 16.5. The van der Waals surface area contributed by atoms with Crippen molar-refractivity contribution >= 4 is 5.91 Å². The van der Waals surface area contributed by atoms with E-state index < -0.39 is 0 Å². The lowest BCUT2D eigenvalue weighted by Gasteiger charge is -2.25. The number of hydrogen-bond acceptors (Lipinski definition) is 2. The zero-order chi connectivity index (χ0) is 14.6. The van der Waals surface area contributed by atoms with E-state index in [0.717, 1.165) is 26.1 Å². The summed E-state index contributed by atoms with van der Waals surface area (Å²) in [7, 11) is 0. The first-order valence-corrected chi connectivity index (χ1v) is 7.38. The normalized spacial score (nSPS) is 19.4. The summed E-state index contributed by atoms with van der Waals surface area (Å²) in [6.07, 6.45) is 1.05. The lowest BCUT2D eigenvalue weighted by Crippen LogP contribution is -2.38. The highest BCUT2D eigenvalue weighted by Crippen LogP contribution is 2.24. The van der Waals surface area contributed by atoms with Gasteiger partial charge < -0.3 is 9.64 Å². The highest BCUT2D eigenvalue weighted by molar-refractivity contribution is 5.81. The third-order valence-electron chi connectivity index (χ3n) is 3.68. The molecule has 1 atom stereocenters. The van der Waals surface area contributed by atoms with Crippen LogP contribution < -0.4 is 0 Å². The molecule has 0 bridgehead atoms. The van der Waals surface area contributed by atoms with Crippen LogP contribution in [0.1, 0.15) is 32.8 Å². The number of benzene rings is 1. The van der Waals surface area contributed by atoms with Crippen molar-refractivity contribution in [1.29, 1.82) is 0 Å². The monoisotopic (exact) mass is 275 g/mol. The van der Waals surface area contributed by atoms with Crippen LogP contribution in [-0.4, -0.2) is 30.5 Å². The summed E-state index contributed by atoms with van der Waals surface area (Å²) in [5.74, 6) is 0.730. The molecule has 1 aromatic carbocycles. The molecule has 1 amide bonds. The molecule has 0 spiro atoms. The SMILES string of the molecule is CC(C)(C)C(=O)N1CC[C@H](COCc2ccccc2)C1. The molecule has 3 nitrogen and oxygen atoms in total. The summed E-state index contributed by atoms with van der Waals surface area (Å²) in [4.78, 5) is 14.2. The van der Waals surface area contributed by atoms with Crippen LogP contribution in [0.2, 0.25) is 0 Å². The van der Waals surface area contributed by atoms with Gasteiger partial charge in [-0.2, -0.15) is 0 Å². The summed E-state index contributed by atoms with van der Waals surface area (Å²) in [5.41, 5.74) is 0.924. The standard InChI is InChI=1S/C17H25NO2/c1-17(2,3)16(19)18-10-9-15(11-18)13-20-12-14-7-5-4-6-8-14/h4-8,15H,9-13H2,1-3H3/t15-/m0/s1. The predicted octanol–water partition coefficient (Wildman–Crippen LogP) is 3.10. The third-order valence-corrected chi connectivity index (χ3v) is 3.68. The van der Waals surface area contributed by atoms with Gasteiger partial charge in [-0.25, -0.2) is 0 Å². The van der Waals surface area contributed by atoms with Crippen molar-refractivity contribution < 1.29 is 9.53 Å². The number of hydrogen-bond donors (Lipinski definition) is 0. The molecule has 0 saturated carbocycles. The lowest BCUT2D eigenvalue weighted by molar-refractivity contribution is -0.138. The first kappa shape index (κ1) is 15.0. The van der Waals surface area contributed by atoms with Crippen LogP contribution >= 0.6 is 0 Å². The maximum absolute atomic E-state index is 12.2. The maximum atomic E-state index is 12.2. The van der Waals surface area contributed by atoms with Crippen molar-refractivity contribution in [2.24, 2.45) is 11.3 Å². The molecule has 1 heterocycles. The molecule has 1 saturated heterocycles. The first-order chi connectivity index (χ1) is 9.47. The van der Waals surface area contributed by atoms with E-state index in [-0.39, 0.29) is 11.3 Å². The van der Waals surface area contributed by atoms with Crippen molar-refractivity contribution in [3.63, 3.8) is 0 Å². The summed E-state index contributed by atoms with van der Waals surface area (Å²) < 4.78 is 5.78. The molecule has 0 unspecified atom stereocenters. The first-order valence-electron chi connectivity index (χ1n) is 7.38. The fourth-order valence-electron chi connectivity index (χ4n) is 2.55. The van der Waals surface area contributed by atoms with Gasteiger partial charge in [-0.15, -0.1) is 0 Å². The molecule has 2 rings (SSSR count). The van der Waals surface area contributed by atoms with E-state index >= 15 is 0 Å². The smallest absolute Gasteiger partial charge is 0.227 e. The van der Waals surface area contributed by atoms with Gasteiger partial charge in [-0.1, -0.05) is 51.1 Å². The van der Waals surface area contributed by atoms with Crippen LogP contribution in [0.15, 0.2) is 30.3 Å². The van der Waals surface area contributed by atoms with Crippen molar-refractivity contribution in [2.75, 3.05) is 19.7 Å². The zero-order valence-corrected chi connectivity index (χ0v) is 12.8. The Morgan fingerprint density at radius 3 is 2.65 bits per heavy atom. The van der Waals surface area contributed by atoms with Crippen molar-refractivity contribution in [3.05, 3.63) is 35.9 Å². The van der Waals surface area contributed by atoms with E-state index in [1.807, 2.05) is 43.9 Å². The Balaban J connectivity index is 1.73. The van der Waals surface area contributed by atoms with Gasteiger partial charge >= 0.3 is 0 Å². The Hall–Kier alpha value is -1.35. The number of likely N-dealkylation sites (tertiary alicyclic amines) is 1. The van der Waals surface area contributed by atoms with E-state index in [9.17, 15) is 4.79 Å². The second-order valence-electron chi connectivity index (χ2n) is 6.66. The van der Waals surface area contributed by atoms with Crippen LogP contribution in [0, 0.1) is 11.3 Å². The van der Waals surface area contributed by atoms with Crippen LogP contribution in [0.3, 0.4) is 0 Å². The van der Waals surface area contributed by atoms with Crippen LogP contribution in [0.4, 0.5) is 0 Å². The highest BCUT2D eigenvalue weighted by Gasteiger charge is 2.32. The number of rotatable bonds is 4. The number of ether oxygens (including phenoxy) is 1. The lowest BCUT2D eigenvalue weighted by atomic mass is 9.95. The van der Waals surface area contributed by atoms with E-state index in [0.29, 0.717) is 12.5 Å². The third kappa shape index (κ3) is 4.07. The molecule has 0 aromatic heterocycles. The van der Waals surface area contributed by atoms with E-state index in [1.54, 1.807) is 0 Å². The Kier molecular flexibility index (Phi) is 4.81. The Morgan fingerprint density at radius 2 is 2.00 bits per heavy atom. The van der Waals surface area contributed by atoms with Gasteiger partial charge in [0, 0.05) is 24.4 Å². The van der Waals surface area contributed by atoms with Crippen molar-refractivity contribution in [3.8, 4) is 0 Å². The van der Waals surface area contributed by atoms with E-state index in [4.69, 9.17) is 4.74 Å². The molecule has 0 radical (unpaired) electrons. The van der Waals surface area contributed by atoms with E-state index in [1.165, 1.54) is 5.56 Å². The topological polar surface area (TPSA) is 29.5 Å². The molecule has 20 heavy (non-hydrogen) atoms. The van der Waals surface area contributed by atoms with Crippen LogP contribution in [0.5, 0.6) is 0 Å². The number of carbonyl (C=O) groups is 1. The fourth-order valence-corrected chi connectivity index (χ4v) is 2.55. The summed E-state index contributed by atoms with van der Waals surface area (Å²) >= 11 is 0. The van der Waals surface area contributed by atoms with E-state index in [2.05, 4.69) is 12.1 Å². The summed E-state index contributed by atoms with van der Waals surface area (Å²) in [5, 5.41) is 0. The number of nitrogens with zero attached hydrogens (tertiary/aromatic N) is 1. The number of carbonyl (C=O) groups excluding carboxylic acids is 1. The molecule has 1 fully saturated rings. The van der Waals surface area contributed by atoms with Gasteiger partial charge in [-0.3, -0.25) is 4.79 Å². The molecule has 1 aliphatic rings. The minimum absolute atomic E-state index is 0.253. The van der Waals surface area contributed by atoms with Gasteiger partial charge in [0.15, 0.2) is 0 Å². The minimum Gasteiger partial charge on any atom is -0.376 e. The molecule has 3 heteroatoms. The largest absolute Gasteiger partial charge is 0.376 e. The van der Waals surface area contributed by atoms with Gasteiger partial charge in [-0.05, 0) is 12.0 Å². The maximum Gasteiger partial charge on any atom is 0.227 e. The molecule has 1 aromatic rings. The summed E-state index contributed by atoms with van der Waals surface area (Å²) in [6.45, 7) is 9.05. The summed E-state index contributed by atoms with van der Waals surface area (Å²) in [6, 6.07) is 10.2. The zero-order valence-electron chi connectivity index (χ0n) is 12.8. The van der Waals surface area contributed by atoms with Crippen LogP contribution in [0.25, 0.3) is 0 Å². The molecular weight excluding hydrogens is 250 g/mol. The van der Waals surface area contributed by atoms with Gasteiger partial charge in [0.25, 0.3) is 0 Å². The average molecular weight is 275 g/mol. The minimum atomic E-state index is -0.278. The molecular formula is C17H25NO2.